The van der Waals surface area contributed by atoms with Gasteiger partial charge in [-0.25, -0.2) is 4.98 Å². The van der Waals surface area contributed by atoms with E-state index in [-0.39, 0.29) is 6.04 Å². The molecule has 3 rings (SSSR count). The number of hydrogen-bond acceptors (Lipinski definition) is 4. The van der Waals surface area contributed by atoms with Gasteiger partial charge in [-0.15, -0.1) is 0 Å². The molecule has 0 aliphatic heterocycles. The van der Waals surface area contributed by atoms with Crippen molar-refractivity contribution in [2.75, 3.05) is 10.6 Å². The molecule has 3 aromatic rings. The Labute approximate surface area is 149 Å². The summed E-state index contributed by atoms with van der Waals surface area (Å²) in [6, 6.07) is 18.7. The lowest BCUT2D eigenvalue weighted by molar-refractivity contribution is 0.876. The highest BCUT2D eigenvalue weighted by Crippen LogP contribution is 2.26. The van der Waals surface area contributed by atoms with Gasteiger partial charge in [-0.1, -0.05) is 42.5 Å². The molecule has 0 unspecified atom stereocenters. The van der Waals surface area contributed by atoms with Crippen LogP contribution in [-0.2, 0) is 0 Å². The molecule has 0 aliphatic carbocycles. The quantitative estimate of drug-likeness (QED) is 0.663. The monoisotopic (exact) mass is 332 g/mol. The summed E-state index contributed by atoms with van der Waals surface area (Å²) >= 11 is 0. The topological polar surface area (TPSA) is 49.8 Å². The first kappa shape index (κ1) is 17.0. The largest absolute Gasteiger partial charge is 0.352 e. The molecular formula is C21H24N4. The fraction of sp³-hybridized carbons (Fsp3) is 0.238. The lowest BCUT2D eigenvalue weighted by atomic mass is 10.1. The highest BCUT2D eigenvalue weighted by Gasteiger charge is 2.09. The third-order valence-corrected chi connectivity index (χ3v) is 4.08. The maximum atomic E-state index is 4.66. The highest BCUT2D eigenvalue weighted by atomic mass is 15.2. The van der Waals surface area contributed by atoms with Crippen LogP contribution in [0, 0.1) is 13.8 Å². The standard InChI is InChI=1S/C21H24N4/c1-14(2)22-21-24-19(17-10-6-5-7-11-17)13-20(25-21)23-18-12-8-9-15(3)16(18)4/h5-14H,1-4H3,(H2,22,23,24,25). The van der Waals surface area contributed by atoms with E-state index in [0.717, 1.165) is 22.8 Å². The molecule has 0 fully saturated rings. The first-order valence-corrected chi connectivity index (χ1v) is 8.57. The van der Waals surface area contributed by atoms with Gasteiger partial charge in [0, 0.05) is 23.4 Å². The molecule has 2 N–H and O–H groups in total. The molecule has 0 saturated heterocycles. The second-order valence-corrected chi connectivity index (χ2v) is 6.50. The molecule has 2 aromatic carbocycles. The average Bonchev–Trinajstić information content (AvgIpc) is 2.59. The van der Waals surface area contributed by atoms with Crippen molar-refractivity contribution in [1.29, 1.82) is 0 Å². The van der Waals surface area contributed by atoms with E-state index in [2.05, 4.69) is 78.6 Å². The van der Waals surface area contributed by atoms with Gasteiger partial charge in [-0.3, -0.25) is 0 Å². The van der Waals surface area contributed by atoms with Crippen LogP contribution in [0.1, 0.15) is 25.0 Å². The first-order chi connectivity index (χ1) is 12.0. The number of nitrogens with zero attached hydrogens (tertiary/aromatic N) is 2. The van der Waals surface area contributed by atoms with Crippen molar-refractivity contribution < 1.29 is 0 Å². The minimum atomic E-state index is 0.263. The van der Waals surface area contributed by atoms with Gasteiger partial charge in [0.2, 0.25) is 5.95 Å². The van der Waals surface area contributed by atoms with Crippen LogP contribution < -0.4 is 10.6 Å². The zero-order valence-corrected chi connectivity index (χ0v) is 15.2. The van der Waals surface area contributed by atoms with Gasteiger partial charge in [0.05, 0.1) is 5.69 Å². The number of benzene rings is 2. The summed E-state index contributed by atoms with van der Waals surface area (Å²) in [6.07, 6.45) is 0. The maximum absolute atomic E-state index is 4.66. The van der Waals surface area contributed by atoms with Crippen LogP contribution in [0.2, 0.25) is 0 Å². The Morgan fingerprint density at radius 2 is 1.64 bits per heavy atom. The Balaban J connectivity index is 2.01. The average molecular weight is 332 g/mol. The Kier molecular flexibility index (Phi) is 4.98. The van der Waals surface area contributed by atoms with E-state index < -0.39 is 0 Å². The van der Waals surface area contributed by atoms with Crippen molar-refractivity contribution in [3.63, 3.8) is 0 Å². The van der Waals surface area contributed by atoms with E-state index in [4.69, 9.17) is 0 Å². The number of hydrogen-bond donors (Lipinski definition) is 2. The molecule has 4 nitrogen and oxygen atoms in total. The molecule has 1 heterocycles. The second kappa shape index (κ2) is 7.34. The normalized spacial score (nSPS) is 10.8. The Hall–Kier alpha value is -2.88. The van der Waals surface area contributed by atoms with E-state index in [9.17, 15) is 0 Å². The zero-order valence-electron chi connectivity index (χ0n) is 15.2. The van der Waals surface area contributed by atoms with E-state index in [1.54, 1.807) is 0 Å². The predicted molar refractivity (Wildman–Crippen MR) is 105 cm³/mol. The highest BCUT2D eigenvalue weighted by molar-refractivity contribution is 5.69. The lowest BCUT2D eigenvalue weighted by Gasteiger charge is -2.15. The first-order valence-electron chi connectivity index (χ1n) is 8.57. The molecule has 0 radical (unpaired) electrons. The summed E-state index contributed by atoms with van der Waals surface area (Å²) < 4.78 is 0. The summed E-state index contributed by atoms with van der Waals surface area (Å²) in [7, 11) is 0. The van der Waals surface area contributed by atoms with Crippen LogP contribution in [0.15, 0.2) is 54.6 Å². The molecular weight excluding hydrogens is 308 g/mol. The molecule has 0 spiro atoms. The van der Waals surface area contributed by atoms with Gasteiger partial charge in [0.25, 0.3) is 0 Å². The van der Waals surface area contributed by atoms with Crippen molar-refractivity contribution in [1.82, 2.24) is 9.97 Å². The van der Waals surface area contributed by atoms with Gasteiger partial charge in [0.15, 0.2) is 0 Å². The molecule has 25 heavy (non-hydrogen) atoms. The van der Waals surface area contributed by atoms with E-state index in [1.165, 1.54) is 11.1 Å². The van der Waals surface area contributed by atoms with Crippen LogP contribution in [0.5, 0.6) is 0 Å². The summed E-state index contributed by atoms with van der Waals surface area (Å²) in [5.74, 6) is 1.41. The van der Waals surface area contributed by atoms with Gasteiger partial charge < -0.3 is 10.6 Å². The number of aromatic nitrogens is 2. The number of anilines is 3. The van der Waals surface area contributed by atoms with Crippen molar-refractivity contribution in [2.45, 2.75) is 33.7 Å². The summed E-state index contributed by atoms with van der Waals surface area (Å²) in [5, 5.41) is 6.75. The number of rotatable bonds is 5. The molecule has 0 atom stereocenters. The van der Waals surface area contributed by atoms with Crippen LogP contribution in [-0.4, -0.2) is 16.0 Å². The van der Waals surface area contributed by atoms with Crippen LogP contribution in [0.4, 0.5) is 17.5 Å². The smallest absolute Gasteiger partial charge is 0.225 e. The van der Waals surface area contributed by atoms with Gasteiger partial charge in [-0.05, 0) is 44.9 Å². The van der Waals surface area contributed by atoms with Gasteiger partial charge >= 0.3 is 0 Å². The molecule has 4 heteroatoms. The van der Waals surface area contributed by atoms with Crippen molar-refractivity contribution in [3.05, 3.63) is 65.7 Å². The van der Waals surface area contributed by atoms with Crippen LogP contribution in [0.25, 0.3) is 11.3 Å². The molecule has 0 aliphatic rings. The summed E-state index contributed by atoms with van der Waals surface area (Å²) in [6.45, 7) is 8.39. The maximum Gasteiger partial charge on any atom is 0.225 e. The van der Waals surface area contributed by atoms with Crippen LogP contribution >= 0.6 is 0 Å². The Morgan fingerprint density at radius 3 is 2.36 bits per heavy atom. The van der Waals surface area contributed by atoms with E-state index in [1.807, 2.05) is 24.3 Å². The molecule has 128 valence electrons. The zero-order chi connectivity index (χ0) is 17.8. The van der Waals surface area contributed by atoms with E-state index in [0.29, 0.717) is 5.95 Å². The Bertz CT molecular complexity index is 857. The SMILES string of the molecule is Cc1cccc(Nc2cc(-c3ccccc3)nc(NC(C)C)n2)c1C. The lowest BCUT2D eigenvalue weighted by Crippen LogP contribution is -2.13. The number of nitrogens with one attached hydrogen (secondary N) is 2. The third kappa shape index (κ3) is 4.15. The minimum absolute atomic E-state index is 0.263. The molecule has 0 amide bonds. The van der Waals surface area contributed by atoms with Crippen LogP contribution in [0.3, 0.4) is 0 Å². The molecule has 1 aromatic heterocycles. The fourth-order valence-corrected chi connectivity index (χ4v) is 2.62. The number of aryl methyl sites for hydroxylation is 1. The van der Waals surface area contributed by atoms with Crippen molar-refractivity contribution >= 4 is 17.5 Å². The minimum Gasteiger partial charge on any atom is -0.352 e. The van der Waals surface area contributed by atoms with Crippen molar-refractivity contribution in [3.8, 4) is 11.3 Å². The third-order valence-electron chi connectivity index (χ3n) is 4.08. The molecule has 0 bridgehead atoms. The Morgan fingerprint density at radius 1 is 0.880 bits per heavy atom. The summed E-state index contributed by atoms with van der Waals surface area (Å²) in [5.41, 5.74) is 5.50. The van der Waals surface area contributed by atoms with Gasteiger partial charge in [-0.2, -0.15) is 4.98 Å². The van der Waals surface area contributed by atoms with Gasteiger partial charge in [0.1, 0.15) is 5.82 Å². The van der Waals surface area contributed by atoms with E-state index >= 15 is 0 Å². The van der Waals surface area contributed by atoms with Crippen molar-refractivity contribution in [2.24, 2.45) is 0 Å². The predicted octanol–water partition coefficient (Wildman–Crippen LogP) is 5.32. The molecule has 0 saturated carbocycles. The second-order valence-electron chi connectivity index (χ2n) is 6.50. The summed E-state index contributed by atoms with van der Waals surface area (Å²) in [4.78, 5) is 9.29. The fourth-order valence-electron chi connectivity index (χ4n) is 2.62.